The summed E-state index contributed by atoms with van der Waals surface area (Å²) in [4.78, 5) is 35.1. The molecule has 2 aliphatic heterocycles. The standard InChI is InChI=1S/C25H26F3N5O2/c1-31(2)23(35)21-15-33(19-6-5-17(13-29)20(12-19)25(26,27)28)16-24(21)7-10-32(11-8-24)22(34)18-4-3-9-30-14-18/h3-6,9,12,14,21H,7-8,10-11,15-16H2,1-2H3. The third-order valence-electron chi connectivity index (χ3n) is 7.14. The summed E-state index contributed by atoms with van der Waals surface area (Å²) in [5.74, 6) is -0.623. The van der Waals surface area contributed by atoms with E-state index in [0.29, 0.717) is 43.7 Å². The molecule has 1 aromatic carbocycles. The van der Waals surface area contributed by atoms with Crippen LogP contribution in [0.5, 0.6) is 0 Å². The minimum absolute atomic E-state index is 0.0794. The minimum Gasteiger partial charge on any atom is -0.370 e. The molecule has 4 rings (SSSR count). The molecule has 2 aliphatic rings. The van der Waals surface area contributed by atoms with Gasteiger partial charge in [-0.05, 0) is 43.2 Å². The molecular formula is C25H26F3N5O2. The van der Waals surface area contributed by atoms with E-state index < -0.39 is 28.6 Å². The topological polar surface area (TPSA) is 80.5 Å². The second-order valence-corrected chi connectivity index (χ2v) is 9.40. The van der Waals surface area contributed by atoms with Crippen molar-refractivity contribution >= 4 is 17.5 Å². The zero-order chi connectivity index (χ0) is 25.4. The van der Waals surface area contributed by atoms with Crippen LogP contribution in [0, 0.1) is 22.7 Å². The Morgan fingerprint density at radius 2 is 1.91 bits per heavy atom. The van der Waals surface area contributed by atoms with E-state index >= 15 is 0 Å². The first-order valence-corrected chi connectivity index (χ1v) is 11.3. The molecule has 0 N–H and O–H groups in total. The molecule has 2 amide bonds. The summed E-state index contributed by atoms with van der Waals surface area (Å²) in [5.41, 5.74) is -1.06. The van der Waals surface area contributed by atoms with Crippen molar-refractivity contribution in [3.05, 3.63) is 59.4 Å². The quantitative estimate of drug-likeness (QED) is 0.666. The molecule has 184 valence electrons. The molecular weight excluding hydrogens is 459 g/mol. The number of alkyl halides is 3. The molecule has 0 bridgehead atoms. The lowest BCUT2D eigenvalue weighted by Gasteiger charge is -2.42. The van der Waals surface area contributed by atoms with Crippen LogP contribution in [0.1, 0.15) is 34.3 Å². The van der Waals surface area contributed by atoms with E-state index in [2.05, 4.69) is 4.98 Å². The molecule has 35 heavy (non-hydrogen) atoms. The molecule has 2 fully saturated rings. The number of anilines is 1. The van der Waals surface area contributed by atoms with Gasteiger partial charge in [-0.1, -0.05) is 0 Å². The van der Waals surface area contributed by atoms with Crippen LogP contribution in [0.4, 0.5) is 18.9 Å². The Labute approximate surface area is 201 Å². The van der Waals surface area contributed by atoms with Crippen LogP contribution in [-0.2, 0) is 11.0 Å². The van der Waals surface area contributed by atoms with Crippen molar-refractivity contribution in [3.63, 3.8) is 0 Å². The van der Waals surface area contributed by atoms with Gasteiger partial charge >= 0.3 is 6.18 Å². The largest absolute Gasteiger partial charge is 0.417 e. The minimum atomic E-state index is -4.66. The molecule has 2 aromatic rings. The van der Waals surface area contributed by atoms with E-state index in [1.165, 1.54) is 23.2 Å². The van der Waals surface area contributed by atoms with E-state index in [-0.39, 0.29) is 18.4 Å². The van der Waals surface area contributed by atoms with Gasteiger partial charge in [0, 0.05) is 63.8 Å². The summed E-state index contributed by atoms with van der Waals surface area (Å²) in [7, 11) is 3.34. The van der Waals surface area contributed by atoms with Crippen molar-refractivity contribution in [2.45, 2.75) is 19.0 Å². The lowest BCUT2D eigenvalue weighted by molar-refractivity contribution is -0.138. The van der Waals surface area contributed by atoms with Gasteiger partial charge in [0.15, 0.2) is 0 Å². The summed E-state index contributed by atoms with van der Waals surface area (Å²) in [6.45, 7) is 1.56. The van der Waals surface area contributed by atoms with Crippen molar-refractivity contribution < 1.29 is 22.8 Å². The maximum atomic E-state index is 13.5. The second-order valence-electron chi connectivity index (χ2n) is 9.40. The summed E-state index contributed by atoms with van der Waals surface area (Å²) in [5, 5.41) is 9.11. The molecule has 10 heteroatoms. The highest BCUT2D eigenvalue weighted by Gasteiger charge is 2.52. The first-order valence-electron chi connectivity index (χ1n) is 11.3. The molecule has 1 aromatic heterocycles. The molecule has 1 unspecified atom stereocenters. The van der Waals surface area contributed by atoms with E-state index in [9.17, 15) is 22.8 Å². The average molecular weight is 486 g/mol. The number of aromatic nitrogens is 1. The fraction of sp³-hybridized carbons (Fsp3) is 0.440. The Kier molecular flexibility index (Phi) is 6.45. The van der Waals surface area contributed by atoms with Crippen LogP contribution in [0.15, 0.2) is 42.7 Å². The number of pyridine rings is 1. The second kappa shape index (κ2) is 9.21. The highest BCUT2D eigenvalue weighted by molar-refractivity contribution is 5.94. The van der Waals surface area contributed by atoms with Crippen LogP contribution in [0.25, 0.3) is 0 Å². The van der Waals surface area contributed by atoms with Crippen LogP contribution in [0.2, 0.25) is 0 Å². The maximum absolute atomic E-state index is 13.5. The Morgan fingerprint density at radius 1 is 1.20 bits per heavy atom. The van der Waals surface area contributed by atoms with Crippen LogP contribution in [-0.4, -0.2) is 66.9 Å². The van der Waals surface area contributed by atoms with E-state index in [1.54, 1.807) is 48.3 Å². The summed E-state index contributed by atoms with van der Waals surface area (Å²) in [6, 6.07) is 8.70. The number of halogens is 3. The number of carbonyl (C=O) groups is 2. The SMILES string of the molecule is CN(C)C(=O)C1CN(c2ccc(C#N)c(C(F)(F)F)c2)CC12CCN(C(=O)c1cccnc1)CC2. The number of rotatable bonds is 3. The number of likely N-dealkylation sites (tertiary alicyclic amines) is 1. The van der Waals surface area contributed by atoms with E-state index in [1.807, 2.05) is 0 Å². The zero-order valence-corrected chi connectivity index (χ0v) is 19.5. The van der Waals surface area contributed by atoms with Gasteiger partial charge in [0.25, 0.3) is 5.91 Å². The number of hydrogen-bond acceptors (Lipinski definition) is 5. The number of benzene rings is 1. The smallest absolute Gasteiger partial charge is 0.370 e. The van der Waals surface area contributed by atoms with Crippen molar-refractivity contribution in [1.29, 1.82) is 5.26 Å². The molecule has 7 nitrogen and oxygen atoms in total. The number of nitrogens with zero attached hydrogens (tertiary/aromatic N) is 5. The average Bonchev–Trinajstić information content (AvgIpc) is 3.21. The lowest BCUT2D eigenvalue weighted by atomic mass is 9.70. The van der Waals surface area contributed by atoms with Gasteiger partial charge in [-0.2, -0.15) is 18.4 Å². The molecule has 0 radical (unpaired) electrons. The van der Waals surface area contributed by atoms with Gasteiger partial charge in [0.2, 0.25) is 5.91 Å². The summed E-state index contributed by atoms with van der Waals surface area (Å²) >= 11 is 0. The number of nitriles is 1. The van der Waals surface area contributed by atoms with Gasteiger partial charge < -0.3 is 14.7 Å². The van der Waals surface area contributed by atoms with Gasteiger partial charge in [0.1, 0.15) is 0 Å². The number of piperidine rings is 1. The van der Waals surface area contributed by atoms with E-state index in [0.717, 1.165) is 6.07 Å². The van der Waals surface area contributed by atoms with Crippen molar-refractivity contribution in [2.24, 2.45) is 11.3 Å². The van der Waals surface area contributed by atoms with Crippen molar-refractivity contribution in [1.82, 2.24) is 14.8 Å². The predicted molar refractivity (Wildman–Crippen MR) is 122 cm³/mol. The molecule has 0 saturated carbocycles. The molecule has 1 spiro atoms. The Balaban J connectivity index is 1.60. The van der Waals surface area contributed by atoms with Crippen LogP contribution >= 0.6 is 0 Å². The first-order chi connectivity index (χ1) is 16.6. The summed E-state index contributed by atoms with van der Waals surface area (Å²) < 4.78 is 40.6. The third kappa shape index (κ3) is 4.67. The van der Waals surface area contributed by atoms with E-state index in [4.69, 9.17) is 5.26 Å². The summed E-state index contributed by atoms with van der Waals surface area (Å²) in [6.07, 6.45) is -0.426. The van der Waals surface area contributed by atoms with Crippen molar-refractivity contribution in [2.75, 3.05) is 45.2 Å². The fourth-order valence-corrected chi connectivity index (χ4v) is 5.21. The highest BCUT2D eigenvalue weighted by atomic mass is 19.4. The normalized spacial score (nSPS) is 19.5. The number of amides is 2. The Morgan fingerprint density at radius 3 is 2.49 bits per heavy atom. The monoisotopic (exact) mass is 485 g/mol. The van der Waals surface area contributed by atoms with Gasteiger partial charge in [-0.15, -0.1) is 0 Å². The Hall–Kier alpha value is -3.61. The first kappa shape index (κ1) is 24.5. The van der Waals surface area contributed by atoms with Gasteiger partial charge in [-0.3, -0.25) is 14.6 Å². The molecule has 2 saturated heterocycles. The molecule has 3 heterocycles. The molecule has 0 aliphatic carbocycles. The van der Waals surface area contributed by atoms with Crippen LogP contribution in [0.3, 0.4) is 0 Å². The number of carbonyl (C=O) groups excluding carboxylic acids is 2. The fourth-order valence-electron chi connectivity index (χ4n) is 5.21. The highest BCUT2D eigenvalue weighted by Crippen LogP contribution is 2.47. The predicted octanol–water partition coefficient (Wildman–Crippen LogP) is 3.42. The van der Waals surface area contributed by atoms with Gasteiger partial charge in [0.05, 0.1) is 28.7 Å². The Bertz CT molecular complexity index is 1150. The third-order valence-corrected chi connectivity index (χ3v) is 7.14. The lowest BCUT2D eigenvalue weighted by Crippen LogP contribution is -2.49. The van der Waals surface area contributed by atoms with Gasteiger partial charge in [-0.25, -0.2) is 0 Å². The zero-order valence-electron chi connectivity index (χ0n) is 19.5. The maximum Gasteiger partial charge on any atom is 0.417 e. The number of hydrogen-bond donors (Lipinski definition) is 0. The molecule has 1 atom stereocenters. The van der Waals surface area contributed by atoms with Crippen molar-refractivity contribution in [3.8, 4) is 6.07 Å². The van der Waals surface area contributed by atoms with Crippen LogP contribution < -0.4 is 4.90 Å².